The molecule has 2 rings (SSSR count). The molecule has 1 aromatic heterocycles. The summed E-state index contributed by atoms with van der Waals surface area (Å²) in [7, 11) is 1.66. The lowest BCUT2D eigenvalue weighted by molar-refractivity contribution is -0.0159. The first-order valence-corrected chi connectivity index (χ1v) is 5.80. The van der Waals surface area contributed by atoms with Crippen molar-refractivity contribution in [2.45, 2.75) is 18.6 Å². The van der Waals surface area contributed by atoms with E-state index in [9.17, 15) is 4.79 Å². The van der Waals surface area contributed by atoms with Crippen LogP contribution in [0.5, 0.6) is 0 Å². The van der Waals surface area contributed by atoms with Crippen molar-refractivity contribution in [3.8, 4) is 0 Å². The van der Waals surface area contributed by atoms with Gasteiger partial charge in [0.15, 0.2) is 0 Å². The number of carbonyl (C=O) groups is 1. The van der Waals surface area contributed by atoms with Crippen molar-refractivity contribution >= 4 is 5.97 Å². The average molecular weight is 255 g/mol. The maximum atomic E-state index is 10.9. The average Bonchev–Trinajstić information content (AvgIpc) is 2.98. The van der Waals surface area contributed by atoms with Gasteiger partial charge in [0.05, 0.1) is 12.9 Å². The van der Waals surface area contributed by atoms with Crippen molar-refractivity contribution in [3.05, 3.63) is 23.7 Å². The normalized spacial score (nSPS) is 23.4. The van der Waals surface area contributed by atoms with E-state index in [-0.39, 0.29) is 11.4 Å². The minimum atomic E-state index is -1.05. The highest BCUT2D eigenvalue weighted by atomic mass is 16.5. The van der Waals surface area contributed by atoms with E-state index >= 15 is 0 Å². The molecule has 2 heterocycles. The van der Waals surface area contributed by atoms with Crippen LogP contribution in [0.3, 0.4) is 0 Å². The number of hydrogen-bond acceptors (Lipinski definition) is 5. The van der Waals surface area contributed by atoms with Gasteiger partial charge >= 0.3 is 5.97 Å². The van der Waals surface area contributed by atoms with Crippen LogP contribution in [0.1, 0.15) is 22.5 Å². The van der Waals surface area contributed by atoms with E-state index < -0.39 is 5.97 Å². The molecule has 0 spiro atoms. The zero-order valence-corrected chi connectivity index (χ0v) is 10.3. The number of rotatable bonds is 6. The fourth-order valence-corrected chi connectivity index (χ4v) is 2.05. The zero-order valence-electron chi connectivity index (χ0n) is 10.3. The highest BCUT2D eigenvalue weighted by Gasteiger charge is 2.34. The summed E-state index contributed by atoms with van der Waals surface area (Å²) in [6.45, 7) is 2.31. The van der Waals surface area contributed by atoms with Crippen molar-refractivity contribution < 1.29 is 23.8 Å². The summed E-state index contributed by atoms with van der Waals surface area (Å²) >= 11 is 0. The summed E-state index contributed by atoms with van der Waals surface area (Å²) < 4.78 is 15.7. The van der Waals surface area contributed by atoms with Crippen molar-refractivity contribution in [3.63, 3.8) is 0 Å². The third-order valence-corrected chi connectivity index (χ3v) is 3.20. The number of ether oxygens (including phenoxy) is 2. The molecule has 1 unspecified atom stereocenters. The van der Waals surface area contributed by atoms with Gasteiger partial charge in [-0.25, -0.2) is 4.79 Å². The van der Waals surface area contributed by atoms with Gasteiger partial charge in [-0.3, -0.25) is 0 Å². The Morgan fingerprint density at radius 3 is 3.11 bits per heavy atom. The third kappa shape index (κ3) is 2.72. The van der Waals surface area contributed by atoms with E-state index in [0.717, 1.165) is 6.42 Å². The lowest BCUT2D eigenvalue weighted by atomic mass is 10.0. The predicted octanol–water partition coefficient (Wildman–Crippen LogP) is 0.873. The second-order valence-corrected chi connectivity index (χ2v) is 4.37. The standard InChI is InChI=1S/C12H17NO5/c1-16-12(3-5-17-8-12)7-13-6-9-2-4-18-10(9)11(14)15/h2,4,13H,3,5-8H2,1H3,(H,14,15). The molecule has 6 heteroatoms. The van der Waals surface area contributed by atoms with Crippen LogP contribution in [0, 0.1) is 0 Å². The fourth-order valence-electron chi connectivity index (χ4n) is 2.05. The zero-order chi connectivity index (χ0) is 13.0. The van der Waals surface area contributed by atoms with E-state index in [1.807, 2.05) is 0 Å². The monoisotopic (exact) mass is 255 g/mol. The smallest absolute Gasteiger partial charge is 0.372 e. The number of furan rings is 1. The van der Waals surface area contributed by atoms with Crippen molar-refractivity contribution in [1.82, 2.24) is 5.32 Å². The Kier molecular flexibility index (Phi) is 4.00. The predicted molar refractivity (Wildman–Crippen MR) is 62.6 cm³/mol. The molecular weight excluding hydrogens is 238 g/mol. The third-order valence-electron chi connectivity index (χ3n) is 3.20. The van der Waals surface area contributed by atoms with Crippen LogP contribution in [0.25, 0.3) is 0 Å². The van der Waals surface area contributed by atoms with E-state index in [1.165, 1.54) is 6.26 Å². The molecule has 0 aliphatic carbocycles. The summed E-state index contributed by atoms with van der Waals surface area (Å²) in [5.41, 5.74) is 0.334. The Labute approximate surface area is 105 Å². The van der Waals surface area contributed by atoms with Gasteiger partial charge in [-0.1, -0.05) is 0 Å². The SMILES string of the molecule is COC1(CNCc2ccoc2C(=O)O)CCOC1. The van der Waals surface area contributed by atoms with Crippen molar-refractivity contribution in [2.75, 3.05) is 26.9 Å². The molecule has 1 saturated heterocycles. The molecule has 0 aromatic carbocycles. The maximum absolute atomic E-state index is 10.9. The molecule has 1 atom stereocenters. The first-order valence-electron chi connectivity index (χ1n) is 5.80. The van der Waals surface area contributed by atoms with E-state index in [2.05, 4.69) is 5.32 Å². The lowest BCUT2D eigenvalue weighted by Crippen LogP contribution is -2.42. The van der Waals surface area contributed by atoms with Gasteiger partial charge in [-0.15, -0.1) is 0 Å². The minimum Gasteiger partial charge on any atom is -0.475 e. The van der Waals surface area contributed by atoms with Gasteiger partial charge in [0.25, 0.3) is 0 Å². The largest absolute Gasteiger partial charge is 0.475 e. The first kappa shape index (κ1) is 13.1. The molecule has 1 fully saturated rings. The van der Waals surface area contributed by atoms with Crippen LogP contribution >= 0.6 is 0 Å². The number of methoxy groups -OCH3 is 1. The second-order valence-electron chi connectivity index (χ2n) is 4.37. The van der Waals surface area contributed by atoms with Crippen LogP contribution in [-0.4, -0.2) is 43.5 Å². The van der Waals surface area contributed by atoms with Crippen LogP contribution in [0.2, 0.25) is 0 Å². The molecule has 2 N–H and O–H groups in total. The summed E-state index contributed by atoms with van der Waals surface area (Å²) in [5.74, 6) is -1.07. The molecule has 0 saturated carbocycles. The molecule has 1 aliphatic heterocycles. The summed E-state index contributed by atoms with van der Waals surface area (Å²) in [4.78, 5) is 10.9. The fraction of sp³-hybridized carbons (Fsp3) is 0.583. The Balaban J connectivity index is 1.88. The quantitative estimate of drug-likeness (QED) is 0.785. The lowest BCUT2D eigenvalue weighted by Gasteiger charge is -2.25. The van der Waals surface area contributed by atoms with E-state index in [1.54, 1.807) is 13.2 Å². The van der Waals surface area contributed by atoms with E-state index in [0.29, 0.717) is 31.9 Å². The maximum Gasteiger partial charge on any atom is 0.372 e. The van der Waals surface area contributed by atoms with Crippen molar-refractivity contribution in [1.29, 1.82) is 0 Å². The molecule has 1 aromatic rings. The van der Waals surface area contributed by atoms with Crippen LogP contribution in [0.15, 0.2) is 16.7 Å². The molecule has 100 valence electrons. The molecule has 18 heavy (non-hydrogen) atoms. The number of aromatic carboxylic acids is 1. The number of hydrogen-bond donors (Lipinski definition) is 2. The number of carboxylic acids is 1. The molecular formula is C12H17NO5. The highest BCUT2D eigenvalue weighted by molar-refractivity contribution is 5.86. The Bertz CT molecular complexity index is 408. The van der Waals surface area contributed by atoms with Crippen LogP contribution < -0.4 is 5.32 Å². The van der Waals surface area contributed by atoms with E-state index in [4.69, 9.17) is 19.0 Å². The Morgan fingerprint density at radius 1 is 1.67 bits per heavy atom. The van der Waals surface area contributed by atoms with Crippen LogP contribution in [-0.2, 0) is 16.0 Å². The molecule has 1 aliphatic rings. The van der Waals surface area contributed by atoms with Gasteiger partial charge in [-0.05, 0) is 6.07 Å². The topological polar surface area (TPSA) is 80.9 Å². The van der Waals surface area contributed by atoms with Gasteiger partial charge in [0.1, 0.15) is 5.60 Å². The van der Waals surface area contributed by atoms with Gasteiger partial charge < -0.3 is 24.3 Å². The van der Waals surface area contributed by atoms with Gasteiger partial charge in [0.2, 0.25) is 5.76 Å². The van der Waals surface area contributed by atoms with Gasteiger partial charge in [-0.2, -0.15) is 0 Å². The summed E-state index contributed by atoms with van der Waals surface area (Å²) in [5, 5.41) is 12.1. The highest BCUT2D eigenvalue weighted by Crippen LogP contribution is 2.21. The Morgan fingerprint density at radius 2 is 2.50 bits per heavy atom. The molecule has 0 amide bonds. The van der Waals surface area contributed by atoms with Crippen LogP contribution in [0.4, 0.5) is 0 Å². The molecule has 0 radical (unpaired) electrons. The number of nitrogens with one attached hydrogen (secondary N) is 1. The summed E-state index contributed by atoms with van der Waals surface area (Å²) in [6, 6.07) is 1.65. The molecule has 0 bridgehead atoms. The second kappa shape index (κ2) is 5.51. The van der Waals surface area contributed by atoms with Gasteiger partial charge in [0, 0.05) is 38.8 Å². The van der Waals surface area contributed by atoms with Crippen molar-refractivity contribution in [2.24, 2.45) is 0 Å². The first-order chi connectivity index (χ1) is 8.67. The number of carboxylic acid groups (broad SMARTS) is 1. The molecule has 6 nitrogen and oxygen atoms in total. The Hall–Kier alpha value is -1.37. The summed E-state index contributed by atoms with van der Waals surface area (Å²) in [6.07, 6.45) is 2.22. The minimum absolute atomic E-state index is 0.0170.